The Morgan fingerprint density at radius 1 is 1.21 bits per heavy atom. The summed E-state index contributed by atoms with van der Waals surface area (Å²) in [6.45, 7) is 0. The van der Waals surface area contributed by atoms with Crippen LogP contribution in [0.3, 0.4) is 0 Å². The second kappa shape index (κ2) is 4.47. The van der Waals surface area contributed by atoms with Crippen molar-refractivity contribution in [1.29, 1.82) is 0 Å². The molecule has 6 nitrogen and oxygen atoms in total. The van der Waals surface area contributed by atoms with Gasteiger partial charge in [0.15, 0.2) is 5.76 Å². The van der Waals surface area contributed by atoms with Crippen LogP contribution in [0.1, 0.15) is 0 Å². The van der Waals surface area contributed by atoms with Gasteiger partial charge < -0.3 is 14.6 Å². The van der Waals surface area contributed by atoms with E-state index in [9.17, 15) is 23.0 Å². The number of aromatic hydroxyl groups is 2. The molecule has 0 amide bonds. The number of furan rings is 1. The van der Waals surface area contributed by atoms with Gasteiger partial charge in [-0.15, -0.1) is 0 Å². The number of nitrogens with one attached hydrogen (secondary N) is 1. The summed E-state index contributed by atoms with van der Waals surface area (Å²) in [5.74, 6) is -3.16. The molecule has 2 aromatic rings. The van der Waals surface area contributed by atoms with Crippen LogP contribution < -0.4 is 4.72 Å². The zero-order chi connectivity index (χ0) is 14.2. The highest BCUT2D eigenvalue weighted by atomic mass is 32.2. The van der Waals surface area contributed by atoms with Gasteiger partial charge in [-0.25, -0.2) is 12.8 Å². The molecular weight excluding hydrogens is 277 g/mol. The maximum absolute atomic E-state index is 13.5. The minimum absolute atomic E-state index is 0.100. The van der Waals surface area contributed by atoms with Gasteiger partial charge in [0.05, 0.1) is 11.8 Å². The minimum atomic E-state index is -3.70. The molecule has 0 atom stereocenters. The van der Waals surface area contributed by atoms with E-state index < -0.39 is 33.2 Å². The molecular formula is C11H10FNO5S. The highest BCUT2D eigenvalue weighted by Crippen LogP contribution is 2.45. The van der Waals surface area contributed by atoms with Crippen LogP contribution in [-0.4, -0.2) is 24.9 Å². The molecule has 3 N–H and O–H groups in total. The molecule has 1 aromatic carbocycles. The Balaban J connectivity index is 2.56. The van der Waals surface area contributed by atoms with Crippen LogP contribution in [-0.2, 0) is 10.0 Å². The highest BCUT2D eigenvalue weighted by Gasteiger charge is 2.24. The molecule has 1 heterocycles. The molecule has 0 saturated heterocycles. The summed E-state index contributed by atoms with van der Waals surface area (Å²) in [5, 5.41) is 19.2. The first kappa shape index (κ1) is 13.2. The lowest BCUT2D eigenvalue weighted by molar-refractivity contribution is 0.410. The fourth-order valence-electron chi connectivity index (χ4n) is 1.48. The molecule has 0 fully saturated rings. The molecule has 0 saturated carbocycles. The van der Waals surface area contributed by atoms with Crippen molar-refractivity contribution >= 4 is 15.9 Å². The van der Waals surface area contributed by atoms with E-state index in [1.165, 1.54) is 18.2 Å². The summed E-state index contributed by atoms with van der Waals surface area (Å²) in [6.07, 6.45) is 0.842. The van der Waals surface area contributed by atoms with Crippen LogP contribution in [0.15, 0.2) is 28.7 Å². The fourth-order valence-corrected chi connectivity index (χ4v) is 1.95. The molecule has 19 heavy (non-hydrogen) atoms. The number of hydrogen-bond acceptors (Lipinski definition) is 5. The van der Waals surface area contributed by atoms with E-state index in [1.54, 1.807) is 0 Å². The van der Waals surface area contributed by atoms with Crippen molar-refractivity contribution in [3.8, 4) is 22.8 Å². The Labute approximate surface area is 108 Å². The molecule has 2 rings (SSSR count). The Bertz CT molecular complexity index is 723. The molecule has 0 aliphatic rings. The van der Waals surface area contributed by atoms with E-state index in [0.717, 1.165) is 12.3 Å². The summed E-state index contributed by atoms with van der Waals surface area (Å²) in [5.41, 5.74) is -0.100. The number of anilines is 1. The van der Waals surface area contributed by atoms with Crippen molar-refractivity contribution in [1.82, 2.24) is 0 Å². The van der Waals surface area contributed by atoms with Crippen LogP contribution in [0.25, 0.3) is 11.3 Å². The van der Waals surface area contributed by atoms with E-state index in [4.69, 9.17) is 4.42 Å². The van der Waals surface area contributed by atoms with E-state index in [-0.39, 0.29) is 11.3 Å². The number of sulfonamides is 1. The maximum Gasteiger partial charge on any atom is 0.253 e. The fraction of sp³-hybridized carbons (Fsp3) is 0.0909. The lowest BCUT2D eigenvalue weighted by Crippen LogP contribution is -2.08. The van der Waals surface area contributed by atoms with Crippen LogP contribution in [0.4, 0.5) is 10.3 Å². The summed E-state index contributed by atoms with van der Waals surface area (Å²) in [7, 11) is -3.70. The van der Waals surface area contributed by atoms with Crippen molar-refractivity contribution < 1.29 is 27.4 Å². The Hall–Kier alpha value is -2.22. The summed E-state index contributed by atoms with van der Waals surface area (Å²) < 4.78 is 42.5. The van der Waals surface area contributed by atoms with Crippen molar-refractivity contribution in [2.45, 2.75) is 0 Å². The molecule has 0 aliphatic heterocycles. The first-order valence-electron chi connectivity index (χ1n) is 5.07. The third kappa shape index (κ3) is 2.63. The maximum atomic E-state index is 13.5. The molecule has 0 aliphatic carbocycles. The van der Waals surface area contributed by atoms with Crippen molar-refractivity contribution in [3.63, 3.8) is 0 Å². The van der Waals surface area contributed by atoms with Gasteiger partial charge in [-0.2, -0.15) is 0 Å². The highest BCUT2D eigenvalue weighted by molar-refractivity contribution is 7.92. The largest absolute Gasteiger partial charge is 0.502 e. The molecule has 0 spiro atoms. The number of halogens is 1. The second-order valence-electron chi connectivity index (χ2n) is 3.81. The van der Waals surface area contributed by atoms with Crippen molar-refractivity contribution in [2.75, 3.05) is 11.0 Å². The third-order valence-electron chi connectivity index (χ3n) is 2.26. The predicted octanol–water partition coefficient (Wildman–Crippen LogP) is 1.87. The number of hydrogen-bond donors (Lipinski definition) is 3. The van der Waals surface area contributed by atoms with Gasteiger partial charge in [0.25, 0.3) is 5.88 Å². The first-order chi connectivity index (χ1) is 8.79. The van der Waals surface area contributed by atoms with Gasteiger partial charge in [-0.1, -0.05) is 12.1 Å². The summed E-state index contributed by atoms with van der Waals surface area (Å²) in [4.78, 5) is 0. The minimum Gasteiger partial charge on any atom is -0.502 e. The monoisotopic (exact) mass is 287 g/mol. The van der Waals surface area contributed by atoms with E-state index >= 15 is 0 Å². The van der Waals surface area contributed by atoms with Gasteiger partial charge in [-0.05, 0) is 12.1 Å². The predicted molar refractivity (Wildman–Crippen MR) is 65.9 cm³/mol. The zero-order valence-corrected chi connectivity index (χ0v) is 10.5. The lowest BCUT2D eigenvalue weighted by Gasteiger charge is -2.00. The van der Waals surface area contributed by atoms with Crippen LogP contribution in [0.2, 0.25) is 0 Å². The van der Waals surface area contributed by atoms with Gasteiger partial charge in [-0.3, -0.25) is 4.72 Å². The van der Waals surface area contributed by atoms with Crippen LogP contribution >= 0.6 is 0 Å². The van der Waals surface area contributed by atoms with Gasteiger partial charge in [0.2, 0.25) is 21.5 Å². The normalized spacial score (nSPS) is 11.5. The van der Waals surface area contributed by atoms with E-state index in [1.807, 2.05) is 4.72 Å². The third-order valence-corrected chi connectivity index (χ3v) is 2.81. The SMILES string of the molecule is CS(=O)(=O)Nc1oc(-c2ccccc2F)c(O)c1O. The number of rotatable bonds is 3. The Kier molecular flexibility index (Phi) is 3.11. The molecule has 8 heteroatoms. The van der Waals surface area contributed by atoms with E-state index in [0.29, 0.717) is 0 Å². The van der Waals surface area contributed by atoms with Crippen molar-refractivity contribution in [3.05, 3.63) is 30.1 Å². The average Bonchev–Trinajstić information content (AvgIpc) is 2.56. The van der Waals surface area contributed by atoms with E-state index in [2.05, 4.69) is 0 Å². The van der Waals surface area contributed by atoms with Gasteiger partial charge >= 0.3 is 0 Å². The number of benzene rings is 1. The smallest absolute Gasteiger partial charge is 0.253 e. The standard InChI is InChI=1S/C11H10FNO5S/c1-19(16,17)13-11-9(15)8(14)10(18-11)6-4-2-3-5-7(6)12/h2-5,13-15H,1H3. The second-order valence-corrected chi connectivity index (χ2v) is 5.56. The Morgan fingerprint density at radius 3 is 2.42 bits per heavy atom. The average molecular weight is 287 g/mol. The first-order valence-corrected chi connectivity index (χ1v) is 6.96. The summed E-state index contributed by atoms with van der Waals surface area (Å²) in [6, 6.07) is 5.39. The van der Waals surface area contributed by atoms with Crippen molar-refractivity contribution in [2.24, 2.45) is 0 Å². The van der Waals surface area contributed by atoms with Crippen LogP contribution in [0, 0.1) is 5.82 Å². The molecule has 0 bridgehead atoms. The Morgan fingerprint density at radius 2 is 1.84 bits per heavy atom. The molecule has 0 unspecified atom stereocenters. The topological polar surface area (TPSA) is 99.8 Å². The molecule has 0 radical (unpaired) electrons. The molecule has 102 valence electrons. The molecule has 1 aromatic heterocycles. The quantitative estimate of drug-likeness (QED) is 0.800. The van der Waals surface area contributed by atoms with Gasteiger partial charge in [0.1, 0.15) is 5.82 Å². The van der Waals surface area contributed by atoms with Gasteiger partial charge in [0, 0.05) is 0 Å². The summed E-state index contributed by atoms with van der Waals surface area (Å²) >= 11 is 0. The lowest BCUT2D eigenvalue weighted by atomic mass is 10.1. The van der Waals surface area contributed by atoms with Crippen LogP contribution in [0.5, 0.6) is 11.5 Å². The zero-order valence-electron chi connectivity index (χ0n) is 9.71.